The number of hydrogen-bond donors (Lipinski definition) is 2. The molecule has 16 heteroatoms. The van der Waals surface area contributed by atoms with Crippen molar-refractivity contribution in [3.63, 3.8) is 0 Å². The Kier molecular flexibility index (Phi) is 15.2. The quantitative estimate of drug-likeness (QED) is 0.0701. The number of hydrogen-bond acceptors (Lipinski definition) is 11. The van der Waals surface area contributed by atoms with Crippen LogP contribution in [0, 0.1) is 0 Å². The Labute approximate surface area is 416 Å². The fraction of sp³-hybridized carbons (Fsp3) is 0.218. The minimum absolute atomic E-state index is 0.0366. The Morgan fingerprint density at radius 3 is 2.27 bits per heavy atom. The van der Waals surface area contributed by atoms with Crippen LogP contribution in [0.2, 0.25) is 5.02 Å². The summed E-state index contributed by atoms with van der Waals surface area (Å²) >= 11 is 5.91. The lowest BCUT2D eigenvalue weighted by atomic mass is 10.1. The van der Waals surface area contributed by atoms with Gasteiger partial charge < -0.3 is 16.0 Å². The predicted octanol–water partition coefficient (Wildman–Crippen LogP) is 9.17. The molecular formula is C55H54ClN13O2. The largest absolute Gasteiger partial charge is 0.404 e. The van der Waals surface area contributed by atoms with Crippen LogP contribution >= 0.6 is 11.6 Å². The molecule has 1 saturated heterocycles. The molecule has 1 amide bonds. The number of nitrogens with two attached hydrogens (primary N) is 1. The van der Waals surface area contributed by atoms with E-state index in [-0.39, 0.29) is 11.9 Å². The van der Waals surface area contributed by atoms with Gasteiger partial charge in [0.15, 0.2) is 6.29 Å². The number of aldehydes is 1. The number of halogens is 1. The average molecular weight is 965 g/mol. The number of carbonyl (C=O) groups excluding carboxylic acids is 2. The highest BCUT2D eigenvalue weighted by Gasteiger charge is 2.33. The molecule has 10 rings (SSSR count). The maximum absolute atomic E-state index is 14.5. The number of likely N-dealkylation sites (tertiary alicyclic amines) is 1. The minimum atomic E-state index is -0.0738. The first-order valence-corrected chi connectivity index (χ1v) is 24.2. The second-order valence-corrected chi connectivity index (χ2v) is 17.6. The summed E-state index contributed by atoms with van der Waals surface area (Å²) in [5.41, 5.74) is 16.4. The third kappa shape index (κ3) is 11.0. The molecule has 1 aliphatic rings. The summed E-state index contributed by atoms with van der Waals surface area (Å²) in [4.78, 5) is 55.3. The Bertz CT molecular complexity index is 3300. The number of aromatic nitrogens is 9. The number of nitrogens with one attached hydrogen (secondary N) is 1. The van der Waals surface area contributed by atoms with Gasteiger partial charge in [-0.2, -0.15) is 5.10 Å². The second kappa shape index (κ2) is 22.5. The van der Waals surface area contributed by atoms with Gasteiger partial charge in [0, 0.05) is 78.8 Å². The number of amides is 1. The van der Waals surface area contributed by atoms with E-state index in [0.717, 1.165) is 72.3 Å². The van der Waals surface area contributed by atoms with Crippen molar-refractivity contribution in [2.45, 2.75) is 58.2 Å². The number of nitrogens with zero attached hydrogens (tertiary/aromatic N) is 11. The summed E-state index contributed by atoms with van der Waals surface area (Å²) in [6.07, 6.45) is 18.6. The molecule has 0 saturated carbocycles. The third-order valence-corrected chi connectivity index (χ3v) is 12.7. The van der Waals surface area contributed by atoms with Crippen molar-refractivity contribution in [3.8, 4) is 34.2 Å². The van der Waals surface area contributed by atoms with E-state index < -0.39 is 0 Å². The van der Waals surface area contributed by atoms with Crippen molar-refractivity contribution in [2.24, 2.45) is 10.7 Å². The summed E-state index contributed by atoms with van der Waals surface area (Å²) in [6, 6.07) is 35.1. The predicted molar refractivity (Wildman–Crippen MR) is 279 cm³/mol. The van der Waals surface area contributed by atoms with Crippen molar-refractivity contribution >= 4 is 46.9 Å². The maximum atomic E-state index is 14.5. The first-order chi connectivity index (χ1) is 34.8. The molecule has 1 aromatic carbocycles. The highest BCUT2D eigenvalue weighted by Crippen LogP contribution is 2.29. The highest BCUT2D eigenvalue weighted by atomic mass is 35.5. The molecule has 8 aromatic heterocycles. The SMILES string of the molecule is CCNC(CC)Cn1ccc(-c2ccc(Cc3ccn4c(C(=O)N5CCC[C@H]5CN=C/C(=C\N)c5ccccc5)c(-c5ccccn5)nc4c3)cn2)n1.O=Cc1c(-c2ccccn2)nc2cc(Cl)ccn12. The van der Waals surface area contributed by atoms with Gasteiger partial charge in [0.25, 0.3) is 5.91 Å². The fourth-order valence-electron chi connectivity index (χ4n) is 8.84. The van der Waals surface area contributed by atoms with Crippen LogP contribution in [-0.2, 0) is 13.0 Å². The van der Waals surface area contributed by atoms with Crippen LogP contribution in [0.3, 0.4) is 0 Å². The number of pyridine rings is 5. The topological polar surface area (TPSA) is 179 Å². The van der Waals surface area contributed by atoms with Crippen LogP contribution in [0.25, 0.3) is 51.0 Å². The zero-order valence-electron chi connectivity index (χ0n) is 39.6. The third-order valence-electron chi connectivity index (χ3n) is 12.4. The summed E-state index contributed by atoms with van der Waals surface area (Å²) in [7, 11) is 0. The van der Waals surface area contributed by atoms with E-state index in [1.54, 1.807) is 47.5 Å². The number of imidazole rings is 2. The molecule has 0 spiro atoms. The Balaban J connectivity index is 0.000000289. The Morgan fingerprint density at radius 2 is 1.56 bits per heavy atom. The van der Waals surface area contributed by atoms with Crippen molar-refractivity contribution in [3.05, 3.63) is 186 Å². The number of allylic oxidation sites excluding steroid dienone is 1. The zero-order chi connectivity index (χ0) is 49.1. The van der Waals surface area contributed by atoms with Gasteiger partial charge in [-0.25, -0.2) is 9.97 Å². The number of aliphatic imine (C=N–C) groups is 1. The zero-order valence-corrected chi connectivity index (χ0v) is 40.3. The summed E-state index contributed by atoms with van der Waals surface area (Å²) < 4.78 is 5.58. The van der Waals surface area contributed by atoms with Gasteiger partial charge >= 0.3 is 0 Å². The van der Waals surface area contributed by atoms with Crippen LogP contribution in [0.5, 0.6) is 0 Å². The number of carbonyl (C=O) groups is 2. The van der Waals surface area contributed by atoms with E-state index in [1.165, 1.54) is 0 Å². The fourth-order valence-corrected chi connectivity index (χ4v) is 8.99. The monoisotopic (exact) mass is 963 g/mol. The number of fused-ring (bicyclic) bond motifs is 2. The molecule has 3 N–H and O–H groups in total. The molecule has 1 fully saturated rings. The summed E-state index contributed by atoms with van der Waals surface area (Å²) in [6.45, 7) is 7.22. The average Bonchev–Trinajstić information content (AvgIpc) is 4.24. The van der Waals surface area contributed by atoms with E-state index in [9.17, 15) is 9.59 Å². The molecule has 358 valence electrons. The highest BCUT2D eigenvalue weighted by molar-refractivity contribution is 6.30. The van der Waals surface area contributed by atoms with Crippen molar-refractivity contribution in [1.82, 2.24) is 53.7 Å². The summed E-state index contributed by atoms with van der Waals surface area (Å²) in [5, 5.41) is 8.86. The molecule has 1 unspecified atom stereocenters. The molecule has 0 radical (unpaired) electrons. The van der Waals surface area contributed by atoms with Gasteiger partial charge in [0.1, 0.15) is 39.8 Å². The molecule has 71 heavy (non-hydrogen) atoms. The Morgan fingerprint density at radius 1 is 0.817 bits per heavy atom. The molecular weight excluding hydrogens is 910 g/mol. The Hall–Kier alpha value is -8.14. The minimum Gasteiger partial charge on any atom is -0.404 e. The van der Waals surface area contributed by atoms with Crippen molar-refractivity contribution < 1.29 is 9.59 Å². The van der Waals surface area contributed by atoms with E-state index in [4.69, 9.17) is 37.4 Å². The first kappa shape index (κ1) is 47.9. The lowest BCUT2D eigenvalue weighted by molar-refractivity contribution is 0.0735. The standard InChI is InChI=1S/C42H46N10O.C13H8ClN3O/c1-3-34(45-4-2)29-50-21-18-37(49-50)36-16-15-31(26-47-36)23-30-17-22-52-39(24-30)48-40(38-14-8-9-19-46-38)41(52)42(53)51-20-10-13-35(51)28-44-27-33(25-43)32-11-6-5-7-12-32;14-9-4-6-17-11(8-18)13(16-12(17)7-9)10-3-1-2-5-15-10/h5-9,11-12,14-19,21-22,24-27,34-35,45H,3-4,10,13,20,23,28-29,43H2,1-2H3;1-8H/b33-25+,44-27?;/t34?,35-;/m0./s1. The van der Waals surface area contributed by atoms with E-state index in [1.807, 2.05) is 124 Å². The van der Waals surface area contributed by atoms with E-state index in [2.05, 4.69) is 40.2 Å². The first-order valence-electron chi connectivity index (χ1n) is 23.8. The molecule has 9 aromatic rings. The lowest BCUT2D eigenvalue weighted by Gasteiger charge is -2.23. The van der Waals surface area contributed by atoms with E-state index >= 15 is 0 Å². The van der Waals surface area contributed by atoms with Crippen LogP contribution in [0.1, 0.15) is 70.8 Å². The van der Waals surface area contributed by atoms with Crippen molar-refractivity contribution in [2.75, 3.05) is 19.6 Å². The van der Waals surface area contributed by atoms with Gasteiger partial charge in [-0.05, 0) is 104 Å². The molecule has 15 nitrogen and oxygen atoms in total. The number of benzene rings is 1. The van der Waals surface area contributed by atoms with Crippen LogP contribution in [-0.4, -0.2) is 98.5 Å². The van der Waals surface area contributed by atoms with Gasteiger partial charge in [-0.1, -0.05) is 74.0 Å². The number of likely N-dealkylation sites (N-methyl/N-ethyl adjacent to an activating group) is 1. The van der Waals surface area contributed by atoms with E-state index in [0.29, 0.717) is 76.0 Å². The second-order valence-electron chi connectivity index (χ2n) is 17.1. The van der Waals surface area contributed by atoms with Crippen LogP contribution in [0.15, 0.2) is 158 Å². The maximum Gasteiger partial charge on any atom is 0.273 e. The molecule has 0 aliphatic carbocycles. The lowest BCUT2D eigenvalue weighted by Crippen LogP contribution is -2.38. The van der Waals surface area contributed by atoms with Gasteiger partial charge in [-0.3, -0.25) is 43.0 Å². The number of rotatable bonds is 16. The summed E-state index contributed by atoms with van der Waals surface area (Å²) in [5.74, 6) is -0.0738. The van der Waals surface area contributed by atoms with Gasteiger partial charge in [0.2, 0.25) is 0 Å². The molecule has 2 atom stereocenters. The normalized spacial score (nSPS) is 14.3. The van der Waals surface area contributed by atoms with Gasteiger partial charge in [-0.15, -0.1) is 0 Å². The van der Waals surface area contributed by atoms with Crippen LogP contribution in [0.4, 0.5) is 0 Å². The smallest absolute Gasteiger partial charge is 0.273 e. The van der Waals surface area contributed by atoms with Gasteiger partial charge in [0.05, 0.1) is 36.2 Å². The molecule has 1 aliphatic heterocycles. The van der Waals surface area contributed by atoms with Crippen LogP contribution < -0.4 is 11.1 Å². The molecule has 0 bridgehead atoms. The molecule has 9 heterocycles. The van der Waals surface area contributed by atoms with Crippen molar-refractivity contribution in [1.29, 1.82) is 0 Å².